The number of nitriles is 1. The number of carbonyl (C=O) groups is 13. The smallest absolute Gasteiger partial charge is 0.488 e. The number of tetrazole rings is 3. The van der Waals surface area contributed by atoms with E-state index in [1.165, 1.54) is 52.8 Å². The van der Waals surface area contributed by atoms with Crippen molar-refractivity contribution in [2.75, 3.05) is 68.8 Å². The molecule has 7 heterocycles. The number of rotatable bonds is 21. The third-order valence-electron chi connectivity index (χ3n) is 22.4. The van der Waals surface area contributed by atoms with Crippen LogP contribution in [0.5, 0.6) is 11.5 Å². The van der Waals surface area contributed by atoms with E-state index in [1.54, 1.807) is 193 Å². The van der Waals surface area contributed by atoms with Crippen molar-refractivity contribution in [3.05, 3.63) is 78.7 Å². The number of hydrogen-bond acceptors (Lipinski definition) is 39. The zero-order valence-corrected chi connectivity index (χ0v) is 90.8. The third kappa shape index (κ3) is 40.5. The molecule has 0 unspecified atom stereocenters. The summed E-state index contributed by atoms with van der Waals surface area (Å²) in [6.07, 6.45) is 1.30. The Labute approximate surface area is 873 Å². The topological polar surface area (TPSA) is 682 Å². The molecule has 5 aromatic rings. The minimum Gasteiger partial charge on any atom is -0.497 e. The largest absolute Gasteiger partial charge is 0.497 e. The van der Waals surface area contributed by atoms with Crippen LogP contribution in [0.2, 0.25) is 0 Å². The number of benzene rings is 2. The Hall–Kier alpha value is -13.5. The van der Waals surface area contributed by atoms with Gasteiger partial charge in [-0.25, -0.2) is 56.4 Å². The molecule has 2 aromatic carbocycles. The number of amides is 8. The standard InChI is InChI=1S/C25H36N6O6.C18H30N6O5.C12H19N5O4.C12H18N2O4.C11H21NO4.C9H14N2O3S.C7H9BO3.CH4.B.H2/c1-24(2,3)19(26-23(34)37-25(4,5)6)21(32)30-14-15(13-18(30)22(33)36-8)20-27-29-31(28-20)16-9-11-17(35-7)12-10-16;1-17(2,3)12(19-16(27)29-18(4,5)6)14(25)24-9-10(13-20-22-23-21-13)8-11(24)15(26)28-7;1-12(2,3)21-11(19)17-6-7(9-13-15-16-14-9)5-8(17)10(18)20-4;1-12(2,3)18-11(16)14-7-8(6-13)5-9(14)10(15)17-4;1-10(2,3)7(8(13)14)12-9(15)16-11(4,5)6;1-2-6-5-9(6,10)8(12)11-15(13,14)7-3-4-7;1-11-7-4-2-6(3-5-7)8(9)10;;;/h9-12,15,18-19H,13-14H2,1-8H3,(H,26,34);10-12H,8-9H2,1-7H3,(H,19,27)(H,20,21,22,23);7-8H,5-6H2,1-4H3,(H,13,14,15,16);8-9H,5,7H2,1-4H3;7H,1-6H3,(H,12,15)(H,13,14);2,6-7H,1,3-5,10H2,(H,11,12);2-5,9-10H,1H3;1H4;;1H/t15-,18+,19-;10-,11+,12-;7-,8+;8-,9-;7-;6-,9-;;;;/m111011..../s1/i;;;;;;;;;1+1. The Bertz CT molecular complexity index is 5450. The highest BCUT2D eigenvalue weighted by atomic mass is 32.2. The Kier molecular flexibility index (Phi) is 47.1. The lowest BCUT2D eigenvalue weighted by molar-refractivity contribution is -0.152. The number of ether oxygens (including phenoxy) is 11. The quantitative estimate of drug-likeness (QED) is 0.0159. The van der Waals surface area contributed by atoms with Crippen LogP contribution in [0.3, 0.4) is 0 Å². The van der Waals surface area contributed by atoms with E-state index < -0.39 is 193 Å². The van der Waals surface area contributed by atoms with Crippen molar-refractivity contribution in [2.45, 2.75) is 317 Å². The molecule has 6 aliphatic rings. The Morgan fingerprint density at radius 2 is 0.846 bits per heavy atom. The molecule has 4 aliphatic heterocycles. The normalized spacial score (nSPS) is 20.4. The molecule has 2 aliphatic carbocycles. The third-order valence-corrected chi connectivity index (χ3v) is 24.2. The molecule has 2 saturated carbocycles. The van der Waals surface area contributed by atoms with E-state index in [1.807, 2.05) is 46.3 Å². The first kappa shape index (κ1) is 130. The first-order valence-electron chi connectivity index (χ1n) is 47.1. The summed E-state index contributed by atoms with van der Waals surface area (Å²) in [5, 5.41) is 82.9. The van der Waals surface area contributed by atoms with Crippen LogP contribution in [-0.2, 0) is 91.0 Å². The van der Waals surface area contributed by atoms with E-state index in [4.69, 9.17) is 73.5 Å². The van der Waals surface area contributed by atoms with Gasteiger partial charge >= 0.3 is 67.4 Å². The molecule has 3 aromatic heterocycles. The first-order valence-corrected chi connectivity index (χ1v) is 48.7. The van der Waals surface area contributed by atoms with Crippen LogP contribution < -0.4 is 41.3 Å². The lowest BCUT2D eigenvalue weighted by atomic mass is 9.80. The van der Waals surface area contributed by atoms with Gasteiger partial charge in [-0.05, 0) is 212 Å². The number of aromatic nitrogens is 12. The van der Waals surface area contributed by atoms with Crippen molar-refractivity contribution >= 4 is 109 Å². The van der Waals surface area contributed by atoms with Gasteiger partial charge in [-0.3, -0.25) is 28.9 Å². The van der Waals surface area contributed by atoms with Crippen molar-refractivity contribution in [1.29, 1.82) is 5.26 Å². The van der Waals surface area contributed by atoms with Crippen LogP contribution in [0.1, 0.15) is 255 Å². The number of nitrogens with two attached hydrogens (primary N) is 1. The number of H-pyrrole nitrogens is 2. The van der Waals surface area contributed by atoms with Crippen molar-refractivity contribution in [3.8, 4) is 23.3 Å². The number of carboxylic acid groups (broad SMARTS) is 1. The van der Waals surface area contributed by atoms with Crippen molar-refractivity contribution in [2.24, 2.45) is 33.8 Å². The van der Waals surface area contributed by atoms with Crippen molar-refractivity contribution in [1.82, 2.24) is 102 Å². The van der Waals surface area contributed by atoms with E-state index in [2.05, 4.69) is 90.0 Å². The molecule has 11 rings (SSSR count). The predicted molar refractivity (Wildman–Crippen MR) is 541 cm³/mol. The van der Waals surface area contributed by atoms with Crippen LogP contribution in [0, 0.1) is 39.4 Å². The van der Waals surface area contributed by atoms with Gasteiger partial charge in [0.15, 0.2) is 17.5 Å². The zero-order chi connectivity index (χ0) is 112. The Morgan fingerprint density at radius 1 is 0.510 bits per heavy atom. The van der Waals surface area contributed by atoms with Crippen LogP contribution >= 0.6 is 0 Å². The van der Waals surface area contributed by atoms with Gasteiger partial charge in [-0.1, -0.05) is 98.4 Å². The van der Waals surface area contributed by atoms with E-state index in [0.717, 1.165) is 0 Å². The average molecular weight is 2120 g/mol. The molecular weight excluding hydrogens is 1970 g/mol. The fourth-order valence-corrected chi connectivity index (χ4v) is 16.1. The molecule has 4 saturated heterocycles. The molecule has 11 N–H and O–H groups in total. The van der Waals surface area contributed by atoms with Gasteiger partial charge in [0.2, 0.25) is 21.8 Å². The van der Waals surface area contributed by atoms with E-state index in [9.17, 15) is 70.7 Å². The molecule has 829 valence electrons. The maximum absolute atomic E-state index is 13.8. The SMILES string of the molecule is C.C=C[C@@H]1C[C@]1(N)C(=O)NS(=O)(=O)C1CC1.CC(C)(C)OC(=O)N[C@H](C(=O)O)C(C)(C)C.COC(=O)[C@@H]1C[C@@H](C#N)CN1C(=O)OC(C)(C)C.COC(=O)[C@@H]1C[C@@H](c2nn[nH]n2)CN1C(=O)OC(C)(C)C.COC(=O)[C@@H]1C[C@@H](c2nn[nH]n2)CN1C(=O)[C@@H](NC(=O)OC(C)(C)C)C(C)(C)C.COC(=O)[C@@H]1C[C@@H](c2nnn(-c3ccc(OC)cc3)n2)CN1C(=O)[C@@H](NC(=O)OC(C)(C)C)C(C)(C)C.COc1ccc(B(O)O)cc1.[2HH].[B]. The number of aliphatic carboxylic acids is 1. The molecule has 13 atom stereocenters. The molecular formula is C95H153B2N22O29S. The Balaban J connectivity index is 0.000000609. The highest BCUT2D eigenvalue weighted by molar-refractivity contribution is 7.91. The van der Waals surface area contributed by atoms with Crippen molar-refractivity contribution in [3.63, 3.8) is 0 Å². The van der Waals surface area contributed by atoms with Crippen LogP contribution in [-0.4, -0.2) is 348 Å². The predicted octanol–water partition coefficient (Wildman–Crippen LogP) is 6.62. The second kappa shape index (κ2) is 54.1. The summed E-state index contributed by atoms with van der Waals surface area (Å²) in [5.41, 5.74) is 0.618. The summed E-state index contributed by atoms with van der Waals surface area (Å²) in [4.78, 5) is 166. The molecule has 6 fully saturated rings. The zero-order valence-electron chi connectivity index (χ0n) is 90.0. The Morgan fingerprint density at radius 3 is 1.15 bits per heavy atom. The monoisotopic (exact) mass is 2120 g/mol. The van der Waals surface area contributed by atoms with Crippen LogP contribution in [0.25, 0.3) is 5.69 Å². The number of aromatic amines is 2. The number of carboxylic acids is 1. The summed E-state index contributed by atoms with van der Waals surface area (Å²) in [7, 11) is 3.36. The molecule has 3 radical (unpaired) electrons. The van der Waals surface area contributed by atoms with E-state index in [0.29, 0.717) is 78.6 Å². The molecule has 149 heavy (non-hydrogen) atoms. The molecule has 51 nitrogen and oxygen atoms in total. The number of nitrogens with one attached hydrogen (secondary N) is 6. The lowest BCUT2D eigenvalue weighted by Crippen LogP contribution is -2.57. The number of hydrogen-bond donors (Lipinski definition) is 10. The fraction of sp³-hybridized carbons (Fsp3) is 0.674. The summed E-state index contributed by atoms with van der Waals surface area (Å²) in [6.45, 7) is 46.7. The minimum absolute atomic E-state index is 0. The van der Waals surface area contributed by atoms with Gasteiger partial charge in [0.25, 0.3) is 5.91 Å². The first-order chi connectivity index (χ1) is 67.7. The summed E-state index contributed by atoms with van der Waals surface area (Å²) in [6, 6.07) is 9.85. The molecule has 0 spiro atoms. The van der Waals surface area contributed by atoms with Gasteiger partial charge in [0.05, 0.1) is 65.6 Å². The van der Waals surface area contributed by atoms with E-state index >= 15 is 0 Å². The maximum atomic E-state index is 13.8. The second-order valence-electron chi connectivity index (χ2n) is 43.5. The van der Waals surface area contributed by atoms with Gasteiger partial charge in [0, 0.05) is 59.7 Å². The second-order valence-corrected chi connectivity index (χ2v) is 45.5. The van der Waals surface area contributed by atoms with Gasteiger partial charge < -0.3 is 98.7 Å². The van der Waals surface area contributed by atoms with Crippen molar-refractivity contribution < 1.29 is 139 Å². The molecule has 54 heteroatoms. The number of nitrogens with zero attached hydrogens (tertiary/aromatic N) is 15. The highest BCUT2D eigenvalue weighted by Gasteiger charge is 2.58. The van der Waals surface area contributed by atoms with Crippen LogP contribution in [0.15, 0.2) is 61.2 Å². The fourth-order valence-electron chi connectivity index (χ4n) is 14.7. The van der Waals surface area contributed by atoms with Gasteiger partial charge in [-0.2, -0.15) is 15.7 Å². The summed E-state index contributed by atoms with van der Waals surface area (Å²) >= 11 is 0. The summed E-state index contributed by atoms with van der Waals surface area (Å²) in [5.74, 6) is -3.16. The van der Waals surface area contributed by atoms with E-state index in [-0.39, 0.29) is 79.5 Å². The summed E-state index contributed by atoms with van der Waals surface area (Å²) < 4.78 is 80.5. The number of carbonyl (C=O) groups excluding carboxylic acids is 12. The lowest BCUT2D eigenvalue weighted by Gasteiger charge is -2.35. The number of likely N-dealkylation sites (tertiary alicyclic amines) is 4. The number of methoxy groups -OCH3 is 6. The number of esters is 4. The molecule has 8 amide bonds. The highest BCUT2D eigenvalue weighted by Crippen LogP contribution is 2.43. The van der Waals surface area contributed by atoms with Gasteiger partial charge in [0.1, 0.15) is 87.3 Å². The van der Waals surface area contributed by atoms with Gasteiger partial charge in [-0.15, -0.1) is 42.0 Å². The number of sulfonamides is 1. The average Bonchev–Trinajstić information content (AvgIpc) is 1.59. The number of alkyl carbamates (subject to hydrolysis) is 3. The minimum atomic E-state index is -3.47. The molecule has 0 bridgehead atoms. The van der Waals surface area contributed by atoms with Crippen LogP contribution in [0.4, 0.5) is 24.0 Å². The maximum Gasteiger partial charge on any atom is 0.488 e.